The highest BCUT2D eigenvalue weighted by atomic mass is 15.2. The lowest BCUT2D eigenvalue weighted by Crippen LogP contribution is -1.96. The van der Waals surface area contributed by atoms with Gasteiger partial charge in [0.1, 0.15) is 5.82 Å². The Balaban J connectivity index is 3.09. The Labute approximate surface area is 77.6 Å². The molecule has 1 heterocycles. The zero-order chi connectivity index (χ0) is 10.0. The predicted molar refractivity (Wildman–Crippen MR) is 52.8 cm³/mol. The Morgan fingerprint density at radius 3 is 2.31 bits per heavy atom. The minimum Gasteiger partial charge on any atom is -0.305 e. The third-order valence-corrected chi connectivity index (χ3v) is 2.06. The third-order valence-electron chi connectivity index (χ3n) is 2.06. The Morgan fingerprint density at radius 1 is 1.31 bits per heavy atom. The number of hydrogen-bond donors (Lipinski definition) is 2. The van der Waals surface area contributed by atoms with Crippen LogP contribution in [0, 0.1) is 12.3 Å². The molecular weight excluding hydrogens is 164 g/mol. The molecule has 4 nitrogen and oxygen atoms in total. The Morgan fingerprint density at radius 2 is 1.92 bits per heavy atom. The quantitative estimate of drug-likeness (QED) is 0.680. The second-order valence-corrected chi connectivity index (χ2v) is 3.12. The van der Waals surface area contributed by atoms with Gasteiger partial charge >= 0.3 is 0 Å². The van der Waals surface area contributed by atoms with E-state index in [0.29, 0.717) is 11.5 Å². The van der Waals surface area contributed by atoms with Crippen LogP contribution in [-0.2, 0) is 0 Å². The van der Waals surface area contributed by atoms with Gasteiger partial charge in [0.05, 0.1) is 0 Å². The van der Waals surface area contributed by atoms with Crippen LogP contribution < -0.4 is 0 Å². The standard InChI is InChI=1S/C9H14N4/c1-5(7(3)10)6(2)9-11-8(4)12-13-9/h10H,1-4H3,(H,11,12,13)/b6-5-,10-7?. The molecule has 0 radical (unpaired) electrons. The van der Waals surface area contributed by atoms with Crippen LogP contribution in [0.25, 0.3) is 5.57 Å². The first kappa shape index (κ1) is 9.64. The van der Waals surface area contributed by atoms with Gasteiger partial charge < -0.3 is 5.41 Å². The molecule has 70 valence electrons. The smallest absolute Gasteiger partial charge is 0.177 e. The summed E-state index contributed by atoms with van der Waals surface area (Å²) >= 11 is 0. The molecule has 0 amide bonds. The minimum atomic E-state index is 0.556. The number of nitrogens with zero attached hydrogens (tertiary/aromatic N) is 2. The average molecular weight is 178 g/mol. The van der Waals surface area contributed by atoms with E-state index in [-0.39, 0.29) is 0 Å². The summed E-state index contributed by atoms with van der Waals surface area (Å²) in [5, 5.41) is 14.3. The van der Waals surface area contributed by atoms with E-state index in [4.69, 9.17) is 5.41 Å². The van der Waals surface area contributed by atoms with Crippen LogP contribution in [0.15, 0.2) is 5.57 Å². The number of rotatable bonds is 2. The molecule has 1 aromatic rings. The molecule has 0 aliphatic heterocycles. The SMILES string of the molecule is CC(=N)/C(C)=C(/C)c1n[nH]c(C)n1. The highest BCUT2D eigenvalue weighted by Gasteiger charge is 2.06. The van der Waals surface area contributed by atoms with Gasteiger partial charge in [0.2, 0.25) is 0 Å². The predicted octanol–water partition coefficient (Wildman–Crippen LogP) is 1.95. The summed E-state index contributed by atoms with van der Waals surface area (Å²) in [5.41, 5.74) is 2.44. The van der Waals surface area contributed by atoms with Crippen molar-refractivity contribution in [2.75, 3.05) is 0 Å². The van der Waals surface area contributed by atoms with Crippen molar-refractivity contribution in [3.05, 3.63) is 17.2 Å². The number of H-pyrrole nitrogens is 1. The van der Waals surface area contributed by atoms with E-state index in [0.717, 1.165) is 17.0 Å². The highest BCUT2D eigenvalue weighted by Crippen LogP contribution is 2.14. The van der Waals surface area contributed by atoms with Crippen molar-refractivity contribution >= 4 is 11.3 Å². The summed E-state index contributed by atoms with van der Waals surface area (Å²) < 4.78 is 0. The Hall–Kier alpha value is -1.45. The van der Waals surface area contributed by atoms with Crippen molar-refractivity contribution in [3.8, 4) is 0 Å². The molecule has 0 saturated carbocycles. The van der Waals surface area contributed by atoms with Crippen LogP contribution >= 0.6 is 0 Å². The molecule has 0 aliphatic carbocycles. The van der Waals surface area contributed by atoms with Gasteiger partial charge in [0, 0.05) is 11.3 Å². The first-order valence-electron chi connectivity index (χ1n) is 4.14. The van der Waals surface area contributed by atoms with Crippen molar-refractivity contribution in [1.82, 2.24) is 15.2 Å². The molecule has 0 aromatic carbocycles. The van der Waals surface area contributed by atoms with Gasteiger partial charge in [-0.25, -0.2) is 4.98 Å². The van der Waals surface area contributed by atoms with Gasteiger partial charge in [-0.05, 0) is 33.3 Å². The molecule has 0 atom stereocenters. The van der Waals surface area contributed by atoms with Crippen LogP contribution in [0.1, 0.15) is 32.4 Å². The molecule has 0 spiro atoms. The molecule has 1 rings (SSSR count). The largest absolute Gasteiger partial charge is 0.305 e. The van der Waals surface area contributed by atoms with Crippen LogP contribution in [-0.4, -0.2) is 20.9 Å². The van der Waals surface area contributed by atoms with Crippen LogP contribution in [0.4, 0.5) is 0 Å². The number of aromatic nitrogens is 3. The maximum atomic E-state index is 7.46. The topological polar surface area (TPSA) is 65.4 Å². The minimum absolute atomic E-state index is 0.556. The molecule has 4 heteroatoms. The van der Waals surface area contributed by atoms with E-state index in [1.54, 1.807) is 6.92 Å². The first-order chi connectivity index (χ1) is 6.02. The van der Waals surface area contributed by atoms with Crippen molar-refractivity contribution in [1.29, 1.82) is 5.41 Å². The fraction of sp³-hybridized carbons (Fsp3) is 0.444. The van der Waals surface area contributed by atoms with Gasteiger partial charge in [-0.2, -0.15) is 5.10 Å². The van der Waals surface area contributed by atoms with E-state index in [2.05, 4.69) is 15.2 Å². The van der Waals surface area contributed by atoms with Gasteiger partial charge in [-0.15, -0.1) is 0 Å². The normalized spacial score (nSPS) is 12.6. The van der Waals surface area contributed by atoms with Crippen LogP contribution in [0.5, 0.6) is 0 Å². The lowest BCUT2D eigenvalue weighted by molar-refractivity contribution is 1.03. The van der Waals surface area contributed by atoms with Crippen molar-refractivity contribution in [3.63, 3.8) is 0 Å². The van der Waals surface area contributed by atoms with Crippen LogP contribution in [0.2, 0.25) is 0 Å². The molecule has 2 N–H and O–H groups in total. The lowest BCUT2D eigenvalue weighted by atomic mass is 10.1. The maximum absolute atomic E-state index is 7.46. The summed E-state index contributed by atoms with van der Waals surface area (Å²) in [6.07, 6.45) is 0. The van der Waals surface area contributed by atoms with Crippen LogP contribution in [0.3, 0.4) is 0 Å². The number of allylic oxidation sites excluding steroid dienone is 2. The van der Waals surface area contributed by atoms with Crippen molar-refractivity contribution in [2.45, 2.75) is 27.7 Å². The lowest BCUT2D eigenvalue weighted by Gasteiger charge is -2.01. The average Bonchev–Trinajstić information content (AvgIpc) is 2.49. The second-order valence-electron chi connectivity index (χ2n) is 3.12. The number of aromatic amines is 1. The van der Waals surface area contributed by atoms with E-state index < -0.39 is 0 Å². The zero-order valence-electron chi connectivity index (χ0n) is 8.39. The van der Waals surface area contributed by atoms with Gasteiger partial charge in [-0.1, -0.05) is 0 Å². The molecule has 0 unspecified atom stereocenters. The molecule has 1 aromatic heterocycles. The van der Waals surface area contributed by atoms with Gasteiger partial charge in [0.25, 0.3) is 0 Å². The highest BCUT2D eigenvalue weighted by molar-refractivity contribution is 6.01. The maximum Gasteiger partial charge on any atom is 0.177 e. The fourth-order valence-electron chi connectivity index (χ4n) is 0.959. The van der Waals surface area contributed by atoms with Gasteiger partial charge in [0.15, 0.2) is 5.82 Å². The van der Waals surface area contributed by atoms with Gasteiger partial charge in [-0.3, -0.25) is 5.10 Å². The number of hydrogen-bond acceptors (Lipinski definition) is 3. The molecule has 0 fully saturated rings. The summed E-state index contributed by atoms with van der Waals surface area (Å²) in [6, 6.07) is 0. The van der Waals surface area contributed by atoms with Crippen molar-refractivity contribution < 1.29 is 0 Å². The second kappa shape index (κ2) is 3.51. The Kier molecular flexibility index (Phi) is 2.60. The van der Waals surface area contributed by atoms with E-state index in [1.165, 1.54) is 0 Å². The third kappa shape index (κ3) is 2.02. The number of aryl methyl sites for hydroxylation is 1. The fourth-order valence-corrected chi connectivity index (χ4v) is 0.959. The number of nitrogens with one attached hydrogen (secondary N) is 2. The molecule has 0 bridgehead atoms. The summed E-state index contributed by atoms with van der Waals surface area (Å²) in [4.78, 5) is 4.19. The molecule has 13 heavy (non-hydrogen) atoms. The van der Waals surface area contributed by atoms with E-state index in [9.17, 15) is 0 Å². The molecule has 0 aliphatic rings. The summed E-state index contributed by atoms with van der Waals surface area (Å²) in [7, 11) is 0. The first-order valence-corrected chi connectivity index (χ1v) is 4.14. The van der Waals surface area contributed by atoms with E-state index >= 15 is 0 Å². The zero-order valence-corrected chi connectivity index (χ0v) is 8.39. The molecule has 0 saturated heterocycles. The molecular formula is C9H14N4. The van der Waals surface area contributed by atoms with E-state index in [1.807, 2.05) is 20.8 Å². The summed E-state index contributed by atoms with van der Waals surface area (Å²) in [6.45, 7) is 7.45. The van der Waals surface area contributed by atoms with Crippen molar-refractivity contribution in [2.24, 2.45) is 0 Å². The Bertz CT molecular complexity index is 359. The summed E-state index contributed by atoms with van der Waals surface area (Å²) in [5.74, 6) is 1.48. The monoisotopic (exact) mass is 178 g/mol.